The maximum Gasteiger partial charge on any atom is 0.123 e. The van der Waals surface area contributed by atoms with E-state index in [1.807, 2.05) is 42.5 Å². The fourth-order valence-corrected chi connectivity index (χ4v) is 3.88. The molecule has 1 fully saturated rings. The molecular formula is C25H27FN2O. The molecule has 0 unspecified atom stereocenters. The zero-order valence-corrected chi connectivity index (χ0v) is 16.5. The predicted octanol–water partition coefficient (Wildman–Crippen LogP) is 4.74. The maximum absolute atomic E-state index is 13.1. The van der Waals surface area contributed by atoms with Gasteiger partial charge in [-0.15, -0.1) is 0 Å². The van der Waals surface area contributed by atoms with E-state index in [-0.39, 0.29) is 5.82 Å². The zero-order chi connectivity index (χ0) is 20.1. The van der Waals surface area contributed by atoms with E-state index in [2.05, 4.69) is 34.1 Å². The Bertz CT molecular complexity index is 888. The van der Waals surface area contributed by atoms with E-state index in [0.717, 1.165) is 50.4 Å². The maximum atomic E-state index is 13.1. The van der Waals surface area contributed by atoms with Gasteiger partial charge in [-0.3, -0.25) is 4.90 Å². The Kier molecular flexibility index (Phi) is 6.23. The van der Waals surface area contributed by atoms with E-state index in [1.165, 1.54) is 23.3 Å². The largest absolute Gasteiger partial charge is 0.388 e. The summed E-state index contributed by atoms with van der Waals surface area (Å²) in [5.74, 6) is -0.196. The van der Waals surface area contributed by atoms with Gasteiger partial charge in [-0.05, 0) is 47.4 Å². The third-order valence-electron chi connectivity index (χ3n) is 5.69. The smallest absolute Gasteiger partial charge is 0.123 e. The van der Waals surface area contributed by atoms with Gasteiger partial charge in [0.2, 0.25) is 0 Å². The molecule has 4 rings (SSSR count). The van der Waals surface area contributed by atoms with Crippen LogP contribution in [0.3, 0.4) is 0 Å². The SMILES string of the molecule is O[C@H](CCN1CCN(c2ccc(F)cc2)CC1)c1ccc(-c2ccccc2)cc1. The van der Waals surface area contributed by atoms with Gasteiger partial charge in [-0.2, -0.15) is 0 Å². The molecule has 3 aromatic carbocycles. The second-order valence-electron chi connectivity index (χ2n) is 7.60. The Hall–Kier alpha value is -2.69. The number of hydrogen-bond acceptors (Lipinski definition) is 3. The van der Waals surface area contributed by atoms with Crippen LogP contribution in [-0.2, 0) is 0 Å². The summed E-state index contributed by atoms with van der Waals surface area (Å²) in [6, 6.07) is 25.2. The van der Waals surface area contributed by atoms with Gasteiger partial charge in [0.15, 0.2) is 0 Å². The van der Waals surface area contributed by atoms with Crippen LogP contribution in [0.25, 0.3) is 11.1 Å². The molecule has 1 N–H and O–H groups in total. The molecule has 1 saturated heterocycles. The first kappa shape index (κ1) is 19.6. The molecule has 0 saturated carbocycles. The summed E-state index contributed by atoms with van der Waals surface area (Å²) >= 11 is 0. The third kappa shape index (κ3) is 5.03. The lowest BCUT2D eigenvalue weighted by Gasteiger charge is -2.36. The second-order valence-corrected chi connectivity index (χ2v) is 7.60. The van der Waals surface area contributed by atoms with Crippen molar-refractivity contribution in [3.63, 3.8) is 0 Å². The number of nitrogens with zero attached hydrogens (tertiary/aromatic N) is 2. The quantitative estimate of drug-likeness (QED) is 0.659. The molecule has 0 amide bonds. The number of halogens is 1. The summed E-state index contributed by atoms with van der Waals surface area (Å²) in [6.45, 7) is 4.63. The van der Waals surface area contributed by atoms with Crippen LogP contribution in [0.1, 0.15) is 18.1 Å². The average molecular weight is 391 g/mol. The van der Waals surface area contributed by atoms with Crippen molar-refractivity contribution >= 4 is 5.69 Å². The molecule has 0 aromatic heterocycles. The van der Waals surface area contributed by atoms with Crippen LogP contribution in [0.4, 0.5) is 10.1 Å². The molecule has 4 heteroatoms. The lowest BCUT2D eigenvalue weighted by atomic mass is 10.0. The Morgan fingerprint density at radius 3 is 2.03 bits per heavy atom. The zero-order valence-electron chi connectivity index (χ0n) is 16.5. The fourth-order valence-electron chi connectivity index (χ4n) is 3.88. The van der Waals surface area contributed by atoms with Gasteiger partial charge < -0.3 is 10.0 Å². The number of hydrogen-bond donors (Lipinski definition) is 1. The highest BCUT2D eigenvalue weighted by Crippen LogP contribution is 2.24. The highest BCUT2D eigenvalue weighted by molar-refractivity contribution is 5.63. The van der Waals surface area contributed by atoms with Crippen molar-refractivity contribution in [1.82, 2.24) is 4.90 Å². The summed E-state index contributed by atoms with van der Waals surface area (Å²) in [6.07, 6.45) is 0.274. The molecule has 1 atom stereocenters. The van der Waals surface area contributed by atoms with Crippen molar-refractivity contribution in [3.05, 3.63) is 90.2 Å². The Morgan fingerprint density at radius 1 is 0.759 bits per heavy atom. The lowest BCUT2D eigenvalue weighted by molar-refractivity contribution is 0.139. The lowest BCUT2D eigenvalue weighted by Crippen LogP contribution is -2.46. The average Bonchev–Trinajstić information content (AvgIpc) is 2.79. The number of aliphatic hydroxyl groups excluding tert-OH is 1. The molecule has 1 aliphatic heterocycles. The normalized spacial score (nSPS) is 16.0. The molecule has 3 aromatic rings. The van der Waals surface area contributed by atoms with Crippen molar-refractivity contribution in [2.75, 3.05) is 37.6 Å². The van der Waals surface area contributed by atoms with Crippen molar-refractivity contribution in [1.29, 1.82) is 0 Å². The van der Waals surface area contributed by atoms with Crippen LogP contribution in [0, 0.1) is 5.82 Å². The first-order chi connectivity index (χ1) is 14.2. The van der Waals surface area contributed by atoms with E-state index < -0.39 is 6.10 Å². The van der Waals surface area contributed by atoms with Gasteiger partial charge in [-0.25, -0.2) is 4.39 Å². The molecule has 3 nitrogen and oxygen atoms in total. The molecule has 0 radical (unpaired) electrons. The molecule has 0 spiro atoms. The van der Waals surface area contributed by atoms with E-state index in [1.54, 1.807) is 0 Å². The Morgan fingerprint density at radius 2 is 1.38 bits per heavy atom. The molecule has 1 heterocycles. The first-order valence-electron chi connectivity index (χ1n) is 10.3. The van der Waals surface area contributed by atoms with Gasteiger partial charge in [0, 0.05) is 38.4 Å². The van der Waals surface area contributed by atoms with Crippen LogP contribution in [0.15, 0.2) is 78.9 Å². The summed E-state index contributed by atoms with van der Waals surface area (Å²) in [5, 5.41) is 10.6. The van der Waals surface area contributed by atoms with Crippen LogP contribution in [0.2, 0.25) is 0 Å². The van der Waals surface area contributed by atoms with Gasteiger partial charge in [-0.1, -0.05) is 54.6 Å². The first-order valence-corrected chi connectivity index (χ1v) is 10.3. The topological polar surface area (TPSA) is 26.7 Å². The number of benzene rings is 3. The minimum absolute atomic E-state index is 0.196. The summed E-state index contributed by atoms with van der Waals surface area (Å²) in [4.78, 5) is 4.68. The van der Waals surface area contributed by atoms with Crippen LogP contribution in [-0.4, -0.2) is 42.7 Å². The highest BCUT2D eigenvalue weighted by Gasteiger charge is 2.18. The summed E-state index contributed by atoms with van der Waals surface area (Å²) < 4.78 is 13.1. The number of aliphatic hydroxyl groups is 1. The Labute approximate surface area is 172 Å². The predicted molar refractivity (Wildman–Crippen MR) is 117 cm³/mol. The van der Waals surface area contributed by atoms with Crippen molar-refractivity contribution in [3.8, 4) is 11.1 Å². The van der Waals surface area contributed by atoms with E-state index in [0.29, 0.717) is 0 Å². The minimum atomic E-state index is -0.449. The van der Waals surface area contributed by atoms with Crippen molar-refractivity contribution in [2.45, 2.75) is 12.5 Å². The molecule has 0 bridgehead atoms. The van der Waals surface area contributed by atoms with E-state index in [9.17, 15) is 9.50 Å². The standard InChI is InChI=1S/C25H27FN2O/c26-23-10-12-24(13-11-23)28-18-16-27(17-19-28)15-14-25(29)22-8-6-21(7-9-22)20-4-2-1-3-5-20/h1-13,25,29H,14-19H2/t25-/m1/s1. The minimum Gasteiger partial charge on any atom is -0.388 e. The van der Waals surface area contributed by atoms with Gasteiger partial charge in [0.25, 0.3) is 0 Å². The molecular weight excluding hydrogens is 363 g/mol. The summed E-state index contributed by atoms with van der Waals surface area (Å²) in [5.41, 5.74) is 4.39. The Balaban J connectivity index is 1.26. The highest BCUT2D eigenvalue weighted by atomic mass is 19.1. The van der Waals surface area contributed by atoms with Crippen LogP contribution < -0.4 is 4.90 Å². The van der Waals surface area contributed by atoms with Gasteiger partial charge >= 0.3 is 0 Å². The monoisotopic (exact) mass is 390 g/mol. The number of anilines is 1. The number of piperazine rings is 1. The van der Waals surface area contributed by atoms with E-state index >= 15 is 0 Å². The van der Waals surface area contributed by atoms with Crippen LogP contribution in [0.5, 0.6) is 0 Å². The van der Waals surface area contributed by atoms with Crippen LogP contribution >= 0.6 is 0 Å². The van der Waals surface area contributed by atoms with E-state index in [4.69, 9.17) is 0 Å². The molecule has 150 valence electrons. The third-order valence-corrected chi connectivity index (χ3v) is 5.69. The second kappa shape index (κ2) is 9.21. The van der Waals surface area contributed by atoms with Gasteiger partial charge in [0.1, 0.15) is 5.82 Å². The number of rotatable bonds is 6. The fraction of sp³-hybridized carbons (Fsp3) is 0.280. The molecule has 1 aliphatic rings. The molecule has 0 aliphatic carbocycles. The van der Waals surface area contributed by atoms with Crippen molar-refractivity contribution in [2.24, 2.45) is 0 Å². The molecule has 29 heavy (non-hydrogen) atoms. The summed E-state index contributed by atoms with van der Waals surface area (Å²) in [7, 11) is 0. The van der Waals surface area contributed by atoms with Crippen molar-refractivity contribution < 1.29 is 9.50 Å². The van der Waals surface area contributed by atoms with Gasteiger partial charge in [0.05, 0.1) is 6.10 Å².